The number of likely N-dealkylation sites (N-methyl/N-ethyl adjacent to an activating group) is 2. The van der Waals surface area contributed by atoms with E-state index in [0.29, 0.717) is 12.1 Å². The van der Waals surface area contributed by atoms with Gasteiger partial charge in [0.15, 0.2) is 0 Å². The molecule has 108 valence electrons. The fourth-order valence-corrected chi connectivity index (χ4v) is 3.27. The van der Waals surface area contributed by atoms with Gasteiger partial charge in [-0.25, -0.2) is 0 Å². The molecule has 1 N–H and O–H groups in total. The van der Waals surface area contributed by atoms with Crippen molar-refractivity contribution in [2.24, 2.45) is 0 Å². The summed E-state index contributed by atoms with van der Waals surface area (Å²) in [5.74, 6) is 0. The number of rotatable bonds is 7. The summed E-state index contributed by atoms with van der Waals surface area (Å²) in [6, 6.07) is 3.72. The molecule has 1 saturated heterocycles. The Hall–Kier alpha value is -0.630. The summed E-state index contributed by atoms with van der Waals surface area (Å²) in [4.78, 5) is 4.89. The summed E-state index contributed by atoms with van der Waals surface area (Å²) < 4.78 is 0. The average Bonchev–Trinajstić information content (AvgIpc) is 3.06. The van der Waals surface area contributed by atoms with Crippen molar-refractivity contribution in [2.75, 3.05) is 33.2 Å². The third kappa shape index (κ3) is 4.17. The van der Waals surface area contributed by atoms with Crippen LogP contribution in [0.25, 0.3) is 0 Å². The third-order valence-corrected chi connectivity index (χ3v) is 4.36. The number of likely N-dealkylation sites (tertiary alicyclic amines) is 1. The molecule has 0 spiro atoms. The van der Waals surface area contributed by atoms with Crippen molar-refractivity contribution in [1.82, 2.24) is 15.1 Å². The third-order valence-electron chi connectivity index (χ3n) is 4.36. The van der Waals surface area contributed by atoms with Crippen molar-refractivity contribution in [1.29, 1.82) is 5.26 Å². The van der Waals surface area contributed by atoms with Crippen LogP contribution >= 0.6 is 0 Å². The van der Waals surface area contributed by atoms with Gasteiger partial charge in [0.2, 0.25) is 0 Å². The van der Waals surface area contributed by atoms with Crippen LogP contribution in [0.4, 0.5) is 0 Å². The van der Waals surface area contributed by atoms with Crippen LogP contribution in [0.5, 0.6) is 0 Å². The van der Waals surface area contributed by atoms with E-state index in [1.807, 2.05) is 6.92 Å². The number of nitrogens with one attached hydrogen (secondary N) is 1. The molecule has 4 nitrogen and oxygen atoms in total. The molecule has 19 heavy (non-hydrogen) atoms. The van der Waals surface area contributed by atoms with Gasteiger partial charge in [0.25, 0.3) is 0 Å². The lowest BCUT2D eigenvalue weighted by molar-refractivity contribution is 0.178. The minimum absolute atomic E-state index is 0.397. The second-order valence-electron chi connectivity index (χ2n) is 6.48. The fourth-order valence-electron chi connectivity index (χ4n) is 3.27. The van der Waals surface area contributed by atoms with Gasteiger partial charge in [-0.05, 0) is 52.7 Å². The van der Waals surface area contributed by atoms with Crippen LogP contribution in [0.15, 0.2) is 0 Å². The summed E-state index contributed by atoms with van der Waals surface area (Å²) in [7, 11) is 2.15. The Bertz CT molecular complexity index is 334. The maximum atomic E-state index is 9.42. The van der Waals surface area contributed by atoms with Crippen molar-refractivity contribution < 1.29 is 0 Å². The van der Waals surface area contributed by atoms with Crippen LogP contribution in [0.3, 0.4) is 0 Å². The van der Waals surface area contributed by atoms with E-state index in [-0.39, 0.29) is 0 Å². The Morgan fingerprint density at radius 2 is 2.16 bits per heavy atom. The molecule has 4 heteroatoms. The molecule has 0 aromatic carbocycles. The smallest absolute Gasteiger partial charge is 0.116 e. The van der Waals surface area contributed by atoms with E-state index in [9.17, 15) is 5.26 Å². The first-order valence-corrected chi connectivity index (χ1v) is 7.68. The van der Waals surface area contributed by atoms with E-state index in [1.165, 1.54) is 32.2 Å². The minimum atomic E-state index is -0.397. The lowest BCUT2D eigenvalue weighted by atomic mass is 10.0. The number of nitriles is 1. The Labute approximate surface area is 117 Å². The normalized spacial score (nSPS) is 27.4. The van der Waals surface area contributed by atoms with Crippen molar-refractivity contribution in [3.8, 4) is 6.07 Å². The fraction of sp³-hybridized carbons (Fsp3) is 0.933. The molecular weight excluding hydrogens is 236 g/mol. The van der Waals surface area contributed by atoms with Crippen molar-refractivity contribution in [3.05, 3.63) is 0 Å². The van der Waals surface area contributed by atoms with E-state index in [4.69, 9.17) is 0 Å². The second kappa shape index (κ2) is 6.21. The van der Waals surface area contributed by atoms with E-state index in [1.54, 1.807) is 0 Å². The monoisotopic (exact) mass is 264 g/mol. The highest BCUT2D eigenvalue weighted by Gasteiger charge is 2.34. The molecule has 1 saturated carbocycles. The molecule has 2 fully saturated rings. The van der Waals surface area contributed by atoms with E-state index in [2.05, 4.69) is 35.2 Å². The molecule has 2 aliphatic rings. The van der Waals surface area contributed by atoms with Gasteiger partial charge in [0, 0.05) is 25.2 Å². The highest BCUT2D eigenvalue weighted by atomic mass is 15.2. The van der Waals surface area contributed by atoms with Gasteiger partial charge in [-0.2, -0.15) is 5.26 Å². The molecule has 1 aliphatic carbocycles. The molecule has 2 atom stereocenters. The van der Waals surface area contributed by atoms with Gasteiger partial charge >= 0.3 is 0 Å². The molecule has 0 aromatic heterocycles. The lowest BCUT2D eigenvalue weighted by Crippen LogP contribution is -2.52. The SMILES string of the molecule is CCN1CCCC1CN(C)CC(C)(C#N)NC1CC1. The number of hydrogen-bond donors (Lipinski definition) is 1. The van der Waals surface area contributed by atoms with Crippen LogP contribution in [-0.4, -0.2) is 60.6 Å². The Morgan fingerprint density at radius 1 is 1.42 bits per heavy atom. The zero-order chi connectivity index (χ0) is 13.9. The van der Waals surface area contributed by atoms with Crippen LogP contribution < -0.4 is 5.32 Å². The number of hydrogen-bond acceptors (Lipinski definition) is 4. The molecule has 1 heterocycles. The number of nitrogens with zero attached hydrogens (tertiary/aromatic N) is 3. The maximum Gasteiger partial charge on any atom is 0.116 e. The van der Waals surface area contributed by atoms with Gasteiger partial charge < -0.3 is 4.90 Å². The first-order chi connectivity index (χ1) is 9.06. The highest BCUT2D eigenvalue weighted by Crippen LogP contribution is 2.23. The van der Waals surface area contributed by atoms with E-state index in [0.717, 1.165) is 19.6 Å². The Morgan fingerprint density at radius 3 is 2.74 bits per heavy atom. The molecule has 0 radical (unpaired) electrons. The van der Waals surface area contributed by atoms with Gasteiger partial charge in [0.1, 0.15) is 5.54 Å². The first kappa shape index (κ1) is 14.8. The van der Waals surface area contributed by atoms with Crippen molar-refractivity contribution in [2.45, 2.75) is 57.2 Å². The first-order valence-electron chi connectivity index (χ1n) is 7.68. The zero-order valence-corrected chi connectivity index (χ0v) is 12.7. The topological polar surface area (TPSA) is 42.3 Å². The predicted octanol–water partition coefficient (Wildman–Crippen LogP) is 1.44. The quantitative estimate of drug-likeness (QED) is 0.755. The molecular formula is C15H28N4. The van der Waals surface area contributed by atoms with Crippen LogP contribution in [0.2, 0.25) is 0 Å². The van der Waals surface area contributed by atoms with Crippen LogP contribution in [-0.2, 0) is 0 Å². The Kier molecular flexibility index (Phi) is 4.83. The van der Waals surface area contributed by atoms with Crippen LogP contribution in [0.1, 0.15) is 39.5 Å². The van der Waals surface area contributed by atoms with E-state index < -0.39 is 5.54 Å². The zero-order valence-electron chi connectivity index (χ0n) is 12.7. The molecule has 0 bridgehead atoms. The highest BCUT2D eigenvalue weighted by molar-refractivity contribution is 5.08. The van der Waals surface area contributed by atoms with E-state index >= 15 is 0 Å². The summed E-state index contributed by atoms with van der Waals surface area (Å²) in [6.07, 6.45) is 5.08. The van der Waals surface area contributed by atoms with Gasteiger partial charge in [-0.1, -0.05) is 6.92 Å². The molecule has 1 aliphatic heterocycles. The molecule has 0 amide bonds. The Balaban J connectivity index is 1.82. The average molecular weight is 264 g/mol. The van der Waals surface area contributed by atoms with Crippen LogP contribution in [0, 0.1) is 11.3 Å². The summed E-state index contributed by atoms with van der Waals surface area (Å²) in [6.45, 7) is 8.56. The summed E-state index contributed by atoms with van der Waals surface area (Å²) in [5, 5.41) is 12.9. The van der Waals surface area contributed by atoms with Gasteiger partial charge in [-0.3, -0.25) is 10.2 Å². The van der Waals surface area contributed by atoms with Gasteiger partial charge in [0.05, 0.1) is 6.07 Å². The van der Waals surface area contributed by atoms with Crippen molar-refractivity contribution in [3.63, 3.8) is 0 Å². The van der Waals surface area contributed by atoms with Gasteiger partial charge in [-0.15, -0.1) is 0 Å². The minimum Gasteiger partial charge on any atom is -0.302 e. The molecule has 2 unspecified atom stereocenters. The standard InChI is InChI=1S/C15H28N4/c1-4-19-9-5-6-14(19)10-18(3)12-15(2,11-16)17-13-7-8-13/h13-14,17H,4-10,12H2,1-3H3. The largest absolute Gasteiger partial charge is 0.302 e. The molecule has 0 aromatic rings. The lowest BCUT2D eigenvalue weighted by Gasteiger charge is -2.32. The summed E-state index contributed by atoms with van der Waals surface area (Å²) in [5.41, 5.74) is -0.397. The summed E-state index contributed by atoms with van der Waals surface area (Å²) >= 11 is 0. The molecule has 2 rings (SSSR count). The predicted molar refractivity (Wildman–Crippen MR) is 77.9 cm³/mol. The second-order valence-corrected chi connectivity index (χ2v) is 6.48. The maximum absolute atomic E-state index is 9.42. The van der Waals surface area contributed by atoms with Crippen molar-refractivity contribution >= 4 is 0 Å².